The zero-order chi connectivity index (χ0) is 22.2. The lowest BCUT2D eigenvalue weighted by Gasteiger charge is -2.14. The van der Waals surface area contributed by atoms with Crippen molar-refractivity contribution < 1.29 is 27.3 Å². The SMILES string of the molecule is Cc1cc(NS(=O)(=O)c2ccc(NC(=O)CN3C(=O)c4ccccc4C3=O)cc2)no1. The zero-order valence-electron chi connectivity index (χ0n) is 16.2. The number of aryl methyl sites for hydroxylation is 1. The fraction of sp³-hybridized carbons (Fsp3) is 0.100. The summed E-state index contributed by atoms with van der Waals surface area (Å²) >= 11 is 0. The maximum atomic E-state index is 12.4. The molecule has 0 fully saturated rings. The minimum Gasteiger partial charge on any atom is -0.360 e. The van der Waals surface area contributed by atoms with E-state index in [9.17, 15) is 22.8 Å². The molecule has 10 nitrogen and oxygen atoms in total. The van der Waals surface area contributed by atoms with Crippen molar-refractivity contribution in [1.82, 2.24) is 10.1 Å². The molecule has 1 aliphatic rings. The molecule has 4 rings (SSSR count). The van der Waals surface area contributed by atoms with E-state index in [0.29, 0.717) is 11.4 Å². The van der Waals surface area contributed by atoms with Crippen LogP contribution in [-0.4, -0.2) is 42.7 Å². The molecule has 31 heavy (non-hydrogen) atoms. The molecular weight excluding hydrogens is 424 g/mol. The molecule has 0 saturated carbocycles. The molecule has 1 aromatic heterocycles. The summed E-state index contributed by atoms with van der Waals surface area (Å²) in [4.78, 5) is 37.8. The molecule has 0 atom stereocenters. The van der Waals surface area contributed by atoms with Crippen LogP contribution in [0.2, 0.25) is 0 Å². The molecule has 0 radical (unpaired) electrons. The van der Waals surface area contributed by atoms with Gasteiger partial charge in [-0.15, -0.1) is 0 Å². The van der Waals surface area contributed by atoms with Crippen LogP contribution in [0.3, 0.4) is 0 Å². The minimum absolute atomic E-state index is 0.0495. The third-order valence-electron chi connectivity index (χ3n) is 4.50. The normalized spacial score (nSPS) is 13.3. The Morgan fingerprint density at radius 1 is 1.03 bits per heavy atom. The smallest absolute Gasteiger partial charge is 0.263 e. The molecular formula is C20H16N4O6S. The highest BCUT2D eigenvalue weighted by Gasteiger charge is 2.36. The molecule has 0 bridgehead atoms. The van der Waals surface area contributed by atoms with Gasteiger partial charge in [0.05, 0.1) is 16.0 Å². The second kappa shape index (κ2) is 7.69. The van der Waals surface area contributed by atoms with Crippen molar-refractivity contribution in [1.29, 1.82) is 0 Å². The maximum absolute atomic E-state index is 12.4. The molecule has 0 aliphatic carbocycles. The first-order valence-corrected chi connectivity index (χ1v) is 10.5. The van der Waals surface area contributed by atoms with E-state index in [0.717, 1.165) is 4.90 Å². The van der Waals surface area contributed by atoms with Gasteiger partial charge in [0.1, 0.15) is 12.3 Å². The van der Waals surface area contributed by atoms with Crippen molar-refractivity contribution in [3.05, 3.63) is 71.5 Å². The lowest BCUT2D eigenvalue weighted by molar-refractivity contribution is -0.116. The van der Waals surface area contributed by atoms with Crippen molar-refractivity contribution in [2.75, 3.05) is 16.6 Å². The molecule has 158 valence electrons. The van der Waals surface area contributed by atoms with Gasteiger partial charge >= 0.3 is 0 Å². The van der Waals surface area contributed by atoms with Crippen LogP contribution in [0.25, 0.3) is 0 Å². The summed E-state index contributed by atoms with van der Waals surface area (Å²) in [5.41, 5.74) is 0.812. The number of fused-ring (bicyclic) bond motifs is 1. The lowest BCUT2D eigenvalue weighted by Crippen LogP contribution is -2.37. The Balaban J connectivity index is 1.41. The second-order valence-electron chi connectivity index (χ2n) is 6.74. The van der Waals surface area contributed by atoms with Crippen LogP contribution in [0.4, 0.5) is 11.5 Å². The molecule has 3 aromatic rings. The Bertz CT molecular complexity index is 1260. The molecule has 0 unspecified atom stereocenters. The van der Waals surface area contributed by atoms with Gasteiger partial charge in [-0.1, -0.05) is 17.3 Å². The molecule has 11 heteroatoms. The first kappa shape index (κ1) is 20.3. The van der Waals surface area contributed by atoms with Gasteiger partial charge < -0.3 is 9.84 Å². The van der Waals surface area contributed by atoms with Crippen molar-refractivity contribution in [2.45, 2.75) is 11.8 Å². The van der Waals surface area contributed by atoms with Crippen molar-refractivity contribution in [2.24, 2.45) is 0 Å². The molecule has 2 heterocycles. The van der Waals surface area contributed by atoms with Gasteiger partial charge in [-0.05, 0) is 43.3 Å². The molecule has 0 saturated heterocycles. The fourth-order valence-electron chi connectivity index (χ4n) is 3.06. The topological polar surface area (TPSA) is 139 Å². The van der Waals surface area contributed by atoms with E-state index in [2.05, 4.69) is 15.2 Å². The summed E-state index contributed by atoms with van der Waals surface area (Å²) < 4.78 is 31.9. The molecule has 0 spiro atoms. The van der Waals surface area contributed by atoms with Gasteiger partial charge in [0.15, 0.2) is 5.82 Å². The van der Waals surface area contributed by atoms with Crippen molar-refractivity contribution >= 4 is 39.3 Å². The minimum atomic E-state index is -3.89. The average Bonchev–Trinajstić information content (AvgIpc) is 3.24. The lowest BCUT2D eigenvalue weighted by atomic mass is 10.1. The number of aromatic nitrogens is 1. The summed E-state index contributed by atoms with van der Waals surface area (Å²) in [5.74, 6) is -1.16. The number of rotatable bonds is 6. The van der Waals surface area contributed by atoms with Crippen LogP contribution in [0.1, 0.15) is 26.5 Å². The first-order valence-electron chi connectivity index (χ1n) is 9.06. The standard InChI is InChI=1S/C20H16N4O6S/c1-12-10-17(22-30-12)23-31(28,29)14-8-6-13(7-9-14)21-18(25)11-24-19(26)15-4-2-3-5-16(15)20(24)27/h2-10H,11H2,1H3,(H,21,25)(H,22,23). The van der Waals surface area contributed by atoms with E-state index in [1.165, 1.54) is 42.5 Å². The van der Waals surface area contributed by atoms with Gasteiger partial charge in [-0.25, -0.2) is 8.42 Å². The number of amides is 3. The monoisotopic (exact) mass is 440 g/mol. The third kappa shape index (κ3) is 4.03. The van der Waals surface area contributed by atoms with Gasteiger partial charge in [0.2, 0.25) is 5.91 Å². The van der Waals surface area contributed by atoms with E-state index >= 15 is 0 Å². The second-order valence-corrected chi connectivity index (χ2v) is 8.43. The fourth-order valence-corrected chi connectivity index (χ4v) is 4.04. The summed E-state index contributed by atoms with van der Waals surface area (Å²) in [6.45, 7) is 1.17. The van der Waals surface area contributed by atoms with Crippen LogP contribution >= 0.6 is 0 Å². The summed E-state index contributed by atoms with van der Waals surface area (Å²) in [7, 11) is -3.89. The Morgan fingerprint density at radius 3 is 2.19 bits per heavy atom. The number of carbonyl (C=O) groups excluding carboxylic acids is 3. The Hall–Kier alpha value is -3.99. The van der Waals surface area contributed by atoms with E-state index in [1.54, 1.807) is 19.1 Å². The molecule has 2 aromatic carbocycles. The van der Waals surface area contributed by atoms with E-state index < -0.39 is 34.3 Å². The summed E-state index contributed by atoms with van der Waals surface area (Å²) in [5, 5.41) is 6.12. The number of benzene rings is 2. The first-order chi connectivity index (χ1) is 14.7. The largest absolute Gasteiger partial charge is 0.360 e. The maximum Gasteiger partial charge on any atom is 0.263 e. The highest BCUT2D eigenvalue weighted by molar-refractivity contribution is 7.92. The predicted molar refractivity (Wildman–Crippen MR) is 109 cm³/mol. The average molecular weight is 440 g/mol. The third-order valence-corrected chi connectivity index (χ3v) is 5.87. The highest BCUT2D eigenvalue weighted by atomic mass is 32.2. The Morgan fingerprint density at radius 2 is 1.65 bits per heavy atom. The number of carbonyl (C=O) groups is 3. The van der Waals surface area contributed by atoms with Gasteiger partial charge in [0, 0.05) is 11.8 Å². The van der Waals surface area contributed by atoms with Gasteiger partial charge in [0.25, 0.3) is 21.8 Å². The van der Waals surface area contributed by atoms with Crippen molar-refractivity contribution in [3.63, 3.8) is 0 Å². The van der Waals surface area contributed by atoms with Crippen LogP contribution in [0, 0.1) is 6.92 Å². The molecule has 2 N–H and O–H groups in total. The summed E-state index contributed by atoms with van der Waals surface area (Å²) in [6, 6.07) is 13.2. The number of imide groups is 1. The molecule has 3 amide bonds. The zero-order valence-corrected chi connectivity index (χ0v) is 17.0. The number of nitrogens with zero attached hydrogens (tertiary/aromatic N) is 2. The van der Waals surface area contributed by atoms with E-state index in [4.69, 9.17) is 4.52 Å². The number of sulfonamides is 1. The van der Waals surface area contributed by atoms with Crippen LogP contribution in [0.15, 0.2) is 64.0 Å². The number of hydrogen-bond acceptors (Lipinski definition) is 7. The molecule has 1 aliphatic heterocycles. The number of anilines is 2. The highest BCUT2D eigenvalue weighted by Crippen LogP contribution is 2.22. The predicted octanol–water partition coefficient (Wildman–Crippen LogP) is 2.02. The Kier molecular flexibility index (Phi) is 5.03. The van der Waals surface area contributed by atoms with Crippen LogP contribution in [0.5, 0.6) is 0 Å². The van der Waals surface area contributed by atoms with Crippen LogP contribution < -0.4 is 10.0 Å². The van der Waals surface area contributed by atoms with Crippen molar-refractivity contribution in [3.8, 4) is 0 Å². The van der Waals surface area contributed by atoms with Crippen LogP contribution in [-0.2, 0) is 14.8 Å². The van der Waals surface area contributed by atoms with E-state index in [1.807, 2.05) is 0 Å². The van der Waals surface area contributed by atoms with Gasteiger partial charge in [-0.3, -0.25) is 24.0 Å². The Labute approximate surface area is 176 Å². The number of hydrogen-bond donors (Lipinski definition) is 2. The quantitative estimate of drug-likeness (QED) is 0.559. The summed E-state index contributed by atoms with van der Waals surface area (Å²) in [6.07, 6.45) is 0. The van der Waals surface area contributed by atoms with Gasteiger partial charge in [-0.2, -0.15) is 0 Å². The number of nitrogens with one attached hydrogen (secondary N) is 2. The van der Waals surface area contributed by atoms with E-state index in [-0.39, 0.29) is 21.8 Å².